The molecule has 8 heavy (non-hydrogen) atoms. The quantitative estimate of drug-likeness (QED) is 0.544. The molecule has 0 aromatic heterocycles. The summed E-state index contributed by atoms with van der Waals surface area (Å²) in [6, 6.07) is 0. The maximum Gasteiger partial charge on any atom is 0.306 e. The minimum atomic E-state index is -1.34. The molecular formula is C4H7FO3. The van der Waals surface area contributed by atoms with Crippen molar-refractivity contribution in [2.75, 3.05) is 6.67 Å². The first kappa shape index (κ1) is 7.36. The molecule has 0 aliphatic heterocycles. The zero-order valence-electron chi connectivity index (χ0n) is 4.17. The molecule has 0 fully saturated rings. The van der Waals surface area contributed by atoms with Gasteiger partial charge in [-0.05, 0) is 0 Å². The highest BCUT2D eigenvalue weighted by molar-refractivity contribution is 5.67. The summed E-state index contributed by atoms with van der Waals surface area (Å²) >= 11 is 0. The van der Waals surface area contributed by atoms with Crippen molar-refractivity contribution in [1.82, 2.24) is 0 Å². The van der Waals surface area contributed by atoms with Gasteiger partial charge in [0.05, 0.1) is 12.5 Å². The van der Waals surface area contributed by atoms with Gasteiger partial charge in [-0.25, -0.2) is 4.39 Å². The van der Waals surface area contributed by atoms with E-state index in [-0.39, 0.29) is 0 Å². The van der Waals surface area contributed by atoms with Gasteiger partial charge in [0.1, 0.15) is 6.67 Å². The van der Waals surface area contributed by atoms with Gasteiger partial charge in [0.15, 0.2) is 0 Å². The summed E-state index contributed by atoms with van der Waals surface area (Å²) in [6.07, 6.45) is -1.86. The van der Waals surface area contributed by atoms with Crippen molar-refractivity contribution >= 4 is 5.97 Å². The zero-order valence-corrected chi connectivity index (χ0v) is 4.17. The van der Waals surface area contributed by atoms with Crippen molar-refractivity contribution in [2.24, 2.45) is 0 Å². The number of carbonyl (C=O) groups is 1. The molecule has 0 rings (SSSR count). The number of aliphatic hydroxyl groups excluding tert-OH is 1. The Hall–Kier alpha value is -0.640. The van der Waals surface area contributed by atoms with Gasteiger partial charge in [-0.3, -0.25) is 4.79 Å². The highest BCUT2D eigenvalue weighted by Gasteiger charge is 2.06. The van der Waals surface area contributed by atoms with Crippen LogP contribution in [0.4, 0.5) is 4.39 Å². The second-order valence-corrected chi connectivity index (χ2v) is 1.41. The van der Waals surface area contributed by atoms with Gasteiger partial charge >= 0.3 is 5.97 Å². The van der Waals surface area contributed by atoms with Crippen LogP contribution in [-0.4, -0.2) is 29.0 Å². The van der Waals surface area contributed by atoms with Gasteiger partial charge in [0.25, 0.3) is 0 Å². The van der Waals surface area contributed by atoms with Crippen LogP contribution in [0.5, 0.6) is 0 Å². The van der Waals surface area contributed by atoms with E-state index in [1.165, 1.54) is 0 Å². The van der Waals surface area contributed by atoms with E-state index >= 15 is 0 Å². The molecule has 3 nitrogen and oxygen atoms in total. The van der Waals surface area contributed by atoms with Crippen molar-refractivity contribution in [3.05, 3.63) is 0 Å². The van der Waals surface area contributed by atoms with Crippen molar-refractivity contribution in [1.29, 1.82) is 0 Å². The number of carboxylic acid groups (broad SMARTS) is 1. The lowest BCUT2D eigenvalue weighted by Gasteiger charge is -1.97. The molecule has 0 aliphatic carbocycles. The zero-order chi connectivity index (χ0) is 6.57. The van der Waals surface area contributed by atoms with Crippen molar-refractivity contribution in [3.63, 3.8) is 0 Å². The standard InChI is InChI=1S/C4H7FO3/c5-2-3(6)1-4(7)8/h3,6H,1-2H2,(H,7,8). The largest absolute Gasteiger partial charge is 0.481 e. The molecule has 4 heteroatoms. The lowest BCUT2D eigenvalue weighted by atomic mass is 10.3. The summed E-state index contributed by atoms with van der Waals surface area (Å²) in [5.41, 5.74) is 0. The molecule has 1 unspecified atom stereocenters. The lowest BCUT2D eigenvalue weighted by Crippen LogP contribution is -2.14. The Balaban J connectivity index is 3.24. The van der Waals surface area contributed by atoms with Gasteiger partial charge in [0.2, 0.25) is 0 Å². The van der Waals surface area contributed by atoms with Crippen LogP contribution in [0.3, 0.4) is 0 Å². The van der Waals surface area contributed by atoms with E-state index in [0.717, 1.165) is 0 Å². The van der Waals surface area contributed by atoms with Crippen LogP contribution in [0.2, 0.25) is 0 Å². The number of aliphatic carboxylic acids is 1. The molecule has 0 saturated carbocycles. The number of carboxylic acids is 1. The molecule has 0 radical (unpaired) electrons. The van der Waals surface area contributed by atoms with E-state index < -0.39 is 25.2 Å². The smallest absolute Gasteiger partial charge is 0.306 e. The van der Waals surface area contributed by atoms with Crippen molar-refractivity contribution in [2.45, 2.75) is 12.5 Å². The van der Waals surface area contributed by atoms with Gasteiger partial charge in [-0.2, -0.15) is 0 Å². The Bertz CT molecular complexity index is 83.4. The van der Waals surface area contributed by atoms with E-state index in [0.29, 0.717) is 0 Å². The van der Waals surface area contributed by atoms with E-state index in [1.54, 1.807) is 0 Å². The number of rotatable bonds is 3. The topological polar surface area (TPSA) is 57.5 Å². The minimum absolute atomic E-state index is 0.517. The Morgan fingerprint density at radius 1 is 1.75 bits per heavy atom. The van der Waals surface area contributed by atoms with E-state index in [1.807, 2.05) is 0 Å². The third kappa shape index (κ3) is 3.55. The van der Waals surface area contributed by atoms with Crippen LogP contribution < -0.4 is 0 Å². The van der Waals surface area contributed by atoms with Crippen LogP contribution in [0.25, 0.3) is 0 Å². The summed E-state index contributed by atoms with van der Waals surface area (Å²) in [5.74, 6) is -1.19. The van der Waals surface area contributed by atoms with Gasteiger partial charge in [-0.1, -0.05) is 0 Å². The van der Waals surface area contributed by atoms with E-state index in [9.17, 15) is 9.18 Å². The second kappa shape index (κ2) is 3.37. The highest BCUT2D eigenvalue weighted by atomic mass is 19.1. The summed E-state index contributed by atoms with van der Waals surface area (Å²) < 4.78 is 11.2. The molecular weight excluding hydrogens is 115 g/mol. The van der Waals surface area contributed by atoms with E-state index in [2.05, 4.69) is 0 Å². The molecule has 0 aromatic rings. The average Bonchev–Trinajstić information content (AvgIpc) is 1.65. The maximum absolute atomic E-state index is 11.2. The monoisotopic (exact) mass is 122 g/mol. The molecule has 48 valence electrons. The Labute approximate surface area is 45.7 Å². The lowest BCUT2D eigenvalue weighted by molar-refractivity contribution is -0.139. The van der Waals surface area contributed by atoms with Crippen LogP contribution in [-0.2, 0) is 4.79 Å². The van der Waals surface area contributed by atoms with Crippen LogP contribution in [0.1, 0.15) is 6.42 Å². The highest BCUT2D eigenvalue weighted by Crippen LogP contribution is 1.90. The van der Waals surface area contributed by atoms with Crippen molar-refractivity contribution < 1.29 is 19.4 Å². The molecule has 0 aromatic carbocycles. The molecule has 0 heterocycles. The molecule has 0 aliphatic rings. The number of alkyl halides is 1. The third-order valence-electron chi connectivity index (χ3n) is 0.588. The second-order valence-electron chi connectivity index (χ2n) is 1.41. The number of hydrogen-bond donors (Lipinski definition) is 2. The fourth-order valence-corrected chi connectivity index (χ4v) is 0.256. The number of halogens is 1. The predicted octanol–water partition coefficient (Wildman–Crippen LogP) is -0.209. The molecule has 2 N–H and O–H groups in total. The molecule has 1 atom stereocenters. The molecule has 0 amide bonds. The molecule has 0 saturated heterocycles. The molecule has 0 spiro atoms. The summed E-state index contributed by atoms with van der Waals surface area (Å²) in [4.78, 5) is 9.64. The van der Waals surface area contributed by atoms with Crippen molar-refractivity contribution in [3.8, 4) is 0 Å². The van der Waals surface area contributed by atoms with Gasteiger partial charge < -0.3 is 10.2 Å². The fraction of sp³-hybridized carbons (Fsp3) is 0.750. The summed E-state index contributed by atoms with van der Waals surface area (Å²) in [6.45, 7) is -0.994. The Morgan fingerprint density at radius 3 is 2.38 bits per heavy atom. The third-order valence-corrected chi connectivity index (χ3v) is 0.588. The SMILES string of the molecule is O=C(O)CC(O)CF. The van der Waals surface area contributed by atoms with Crippen LogP contribution in [0, 0.1) is 0 Å². The normalized spacial score (nSPS) is 13.2. The first-order valence-electron chi connectivity index (χ1n) is 2.12. The van der Waals surface area contributed by atoms with Crippen LogP contribution >= 0.6 is 0 Å². The van der Waals surface area contributed by atoms with Gasteiger partial charge in [0, 0.05) is 0 Å². The fourth-order valence-electron chi connectivity index (χ4n) is 0.256. The van der Waals surface area contributed by atoms with Crippen LogP contribution in [0.15, 0.2) is 0 Å². The predicted molar refractivity (Wildman–Crippen MR) is 24.2 cm³/mol. The van der Waals surface area contributed by atoms with E-state index in [4.69, 9.17) is 10.2 Å². The van der Waals surface area contributed by atoms with Gasteiger partial charge in [-0.15, -0.1) is 0 Å². The summed E-state index contributed by atoms with van der Waals surface area (Å²) in [5, 5.41) is 16.2. The molecule has 0 bridgehead atoms. The Morgan fingerprint density at radius 2 is 2.25 bits per heavy atom. The minimum Gasteiger partial charge on any atom is -0.481 e. The number of hydrogen-bond acceptors (Lipinski definition) is 2. The summed E-state index contributed by atoms with van der Waals surface area (Å²) in [7, 11) is 0. The average molecular weight is 122 g/mol. The Kier molecular flexibility index (Phi) is 3.10. The maximum atomic E-state index is 11.2. The first-order chi connectivity index (χ1) is 3.66. The number of aliphatic hydroxyl groups is 1. The first-order valence-corrected chi connectivity index (χ1v) is 2.12.